The van der Waals surface area contributed by atoms with Gasteiger partial charge in [0.1, 0.15) is 0 Å². The van der Waals surface area contributed by atoms with E-state index >= 15 is 0 Å². The van der Waals surface area contributed by atoms with Gasteiger partial charge in [-0.15, -0.1) is 0 Å². The zero-order valence-electron chi connectivity index (χ0n) is 12.0. The SMILES string of the molecule is CCC1CCC(C#N)(CCS(=O)(=O)C(C)(C)C)C1. The van der Waals surface area contributed by atoms with Crippen LogP contribution in [0.5, 0.6) is 0 Å². The van der Waals surface area contributed by atoms with Crippen LogP contribution in [0.3, 0.4) is 0 Å². The third-order valence-electron chi connectivity index (χ3n) is 4.31. The summed E-state index contributed by atoms with van der Waals surface area (Å²) in [7, 11) is -3.11. The van der Waals surface area contributed by atoms with Gasteiger partial charge in [-0.3, -0.25) is 0 Å². The highest BCUT2D eigenvalue weighted by atomic mass is 32.2. The van der Waals surface area contributed by atoms with Crippen LogP contribution in [0, 0.1) is 22.7 Å². The first-order valence-corrected chi connectivity index (χ1v) is 8.44. The van der Waals surface area contributed by atoms with Gasteiger partial charge in [-0.05, 0) is 52.4 Å². The lowest BCUT2D eigenvalue weighted by molar-refractivity contribution is 0.369. The molecule has 104 valence electrons. The molecule has 4 heteroatoms. The maximum absolute atomic E-state index is 12.1. The van der Waals surface area contributed by atoms with Crippen LogP contribution in [0.1, 0.15) is 59.8 Å². The van der Waals surface area contributed by atoms with E-state index in [0.717, 1.165) is 25.7 Å². The summed E-state index contributed by atoms with van der Waals surface area (Å²) in [4.78, 5) is 0. The molecule has 18 heavy (non-hydrogen) atoms. The van der Waals surface area contributed by atoms with Crippen molar-refractivity contribution < 1.29 is 8.42 Å². The van der Waals surface area contributed by atoms with Crippen molar-refractivity contribution >= 4 is 9.84 Å². The van der Waals surface area contributed by atoms with Crippen molar-refractivity contribution in [3.63, 3.8) is 0 Å². The average Bonchev–Trinajstić information content (AvgIpc) is 2.69. The van der Waals surface area contributed by atoms with Crippen molar-refractivity contribution in [1.29, 1.82) is 5.26 Å². The van der Waals surface area contributed by atoms with Gasteiger partial charge in [-0.25, -0.2) is 8.42 Å². The van der Waals surface area contributed by atoms with E-state index in [1.165, 1.54) is 0 Å². The molecule has 0 aliphatic heterocycles. The summed E-state index contributed by atoms with van der Waals surface area (Å²) in [6.45, 7) is 7.32. The average molecular weight is 271 g/mol. The first kappa shape index (κ1) is 15.5. The zero-order chi connectivity index (χ0) is 14.0. The molecule has 0 aromatic carbocycles. The van der Waals surface area contributed by atoms with Crippen molar-refractivity contribution in [2.75, 3.05) is 5.75 Å². The van der Waals surface area contributed by atoms with Crippen LogP contribution in [0.4, 0.5) is 0 Å². The van der Waals surface area contributed by atoms with E-state index < -0.39 is 14.6 Å². The monoisotopic (exact) mass is 271 g/mol. The normalized spacial score (nSPS) is 29.2. The molecule has 0 N–H and O–H groups in total. The van der Waals surface area contributed by atoms with Gasteiger partial charge >= 0.3 is 0 Å². The maximum atomic E-state index is 12.1. The van der Waals surface area contributed by atoms with Gasteiger partial charge in [-0.1, -0.05) is 13.3 Å². The molecule has 2 atom stereocenters. The Kier molecular flexibility index (Phi) is 4.48. The van der Waals surface area contributed by atoms with Gasteiger partial charge in [0.25, 0.3) is 0 Å². The van der Waals surface area contributed by atoms with E-state index in [-0.39, 0.29) is 11.2 Å². The first-order chi connectivity index (χ1) is 8.16. The Morgan fingerprint density at radius 3 is 2.39 bits per heavy atom. The van der Waals surface area contributed by atoms with Crippen LogP contribution in [0.15, 0.2) is 0 Å². The van der Waals surface area contributed by atoms with Gasteiger partial charge < -0.3 is 0 Å². The van der Waals surface area contributed by atoms with E-state index in [1.54, 1.807) is 20.8 Å². The van der Waals surface area contributed by atoms with Crippen molar-refractivity contribution in [3.8, 4) is 6.07 Å². The smallest absolute Gasteiger partial charge is 0.155 e. The van der Waals surface area contributed by atoms with E-state index in [9.17, 15) is 13.7 Å². The Morgan fingerprint density at radius 1 is 1.39 bits per heavy atom. The van der Waals surface area contributed by atoms with Gasteiger partial charge in [0, 0.05) is 0 Å². The minimum atomic E-state index is -3.11. The second-order valence-electron chi connectivity index (χ2n) is 6.59. The lowest BCUT2D eigenvalue weighted by Gasteiger charge is -2.24. The second-order valence-corrected chi connectivity index (χ2v) is 9.45. The third kappa shape index (κ3) is 3.26. The number of hydrogen-bond donors (Lipinski definition) is 0. The molecule has 0 heterocycles. The standard InChI is InChI=1S/C14H25NO2S/c1-5-12-6-7-14(10-12,11-15)8-9-18(16,17)13(2,3)4/h12H,5-10H2,1-4H3. The van der Waals surface area contributed by atoms with Gasteiger partial charge in [0.15, 0.2) is 9.84 Å². The largest absolute Gasteiger partial charge is 0.228 e. The van der Waals surface area contributed by atoms with E-state index in [4.69, 9.17) is 0 Å². The summed E-state index contributed by atoms with van der Waals surface area (Å²) in [6.07, 6.45) is 4.40. The fourth-order valence-electron chi connectivity index (χ4n) is 2.61. The Bertz CT molecular complexity index is 428. The van der Waals surface area contributed by atoms with Crippen molar-refractivity contribution in [3.05, 3.63) is 0 Å². The van der Waals surface area contributed by atoms with Crippen LogP contribution < -0.4 is 0 Å². The fraction of sp³-hybridized carbons (Fsp3) is 0.929. The lowest BCUT2D eigenvalue weighted by Crippen LogP contribution is -2.32. The summed E-state index contributed by atoms with van der Waals surface area (Å²) in [5, 5.41) is 9.38. The predicted molar refractivity (Wildman–Crippen MR) is 73.8 cm³/mol. The summed E-state index contributed by atoms with van der Waals surface area (Å²) in [5.74, 6) is 0.738. The third-order valence-corrected chi connectivity index (χ3v) is 6.92. The van der Waals surface area contributed by atoms with E-state index in [0.29, 0.717) is 12.3 Å². The van der Waals surface area contributed by atoms with Crippen LogP contribution in [-0.4, -0.2) is 18.9 Å². The number of hydrogen-bond acceptors (Lipinski definition) is 3. The molecule has 0 aromatic heterocycles. The number of rotatable bonds is 4. The Morgan fingerprint density at radius 2 is 2.00 bits per heavy atom. The van der Waals surface area contributed by atoms with Gasteiger partial charge in [0.2, 0.25) is 0 Å². The highest BCUT2D eigenvalue weighted by Gasteiger charge is 2.40. The molecule has 3 nitrogen and oxygen atoms in total. The summed E-state index contributed by atoms with van der Waals surface area (Å²) >= 11 is 0. The molecule has 2 unspecified atom stereocenters. The summed E-state index contributed by atoms with van der Waals surface area (Å²) in [5.41, 5.74) is -0.390. The lowest BCUT2D eigenvalue weighted by atomic mass is 9.84. The minimum Gasteiger partial charge on any atom is -0.228 e. The molecule has 0 aromatic rings. The van der Waals surface area contributed by atoms with Crippen LogP contribution in [0.2, 0.25) is 0 Å². The number of nitrogens with zero attached hydrogens (tertiary/aromatic N) is 1. The molecule has 0 bridgehead atoms. The first-order valence-electron chi connectivity index (χ1n) is 6.79. The van der Waals surface area contributed by atoms with E-state index in [1.807, 2.05) is 0 Å². The van der Waals surface area contributed by atoms with Crippen molar-refractivity contribution in [1.82, 2.24) is 0 Å². The molecule has 0 spiro atoms. The summed E-state index contributed by atoms with van der Waals surface area (Å²) < 4.78 is 23.5. The molecule has 0 amide bonds. The van der Waals surface area contributed by atoms with Gasteiger partial charge in [0.05, 0.1) is 22.0 Å². The second kappa shape index (κ2) is 5.21. The topological polar surface area (TPSA) is 57.9 Å². The van der Waals surface area contributed by atoms with E-state index in [2.05, 4.69) is 13.0 Å². The highest BCUT2D eigenvalue weighted by Crippen LogP contribution is 2.45. The zero-order valence-corrected chi connectivity index (χ0v) is 12.8. The van der Waals surface area contributed by atoms with Crippen LogP contribution >= 0.6 is 0 Å². The Balaban J connectivity index is 2.71. The molecule has 1 aliphatic rings. The molecule has 1 aliphatic carbocycles. The Hall–Kier alpha value is -0.560. The number of sulfone groups is 1. The number of nitriles is 1. The highest BCUT2D eigenvalue weighted by molar-refractivity contribution is 7.92. The van der Waals surface area contributed by atoms with Crippen molar-refractivity contribution in [2.24, 2.45) is 11.3 Å². The molecule has 0 saturated heterocycles. The summed E-state index contributed by atoms with van der Waals surface area (Å²) in [6, 6.07) is 2.40. The minimum absolute atomic E-state index is 0.139. The Labute approximate surface area is 111 Å². The molecule has 1 saturated carbocycles. The van der Waals surface area contributed by atoms with Crippen molar-refractivity contribution in [2.45, 2.75) is 64.5 Å². The van der Waals surface area contributed by atoms with Crippen LogP contribution in [0.25, 0.3) is 0 Å². The fourth-order valence-corrected chi connectivity index (χ4v) is 3.88. The van der Waals surface area contributed by atoms with Crippen LogP contribution in [-0.2, 0) is 9.84 Å². The molecule has 0 radical (unpaired) electrons. The molecular weight excluding hydrogens is 246 g/mol. The molecule has 1 rings (SSSR count). The molecule has 1 fully saturated rings. The quantitative estimate of drug-likeness (QED) is 0.788. The maximum Gasteiger partial charge on any atom is 0.155 e. The predicted octanol–water partition coefficient (Wildman–Crippen LogP) is 3.31. The molecular formula is C14H25NO2S. The van der Waals surface area contributed by atoms with Gasteiger partial charge in [-0.2, -0.15) is 5.26 Å².